The summed E-state index contributed by atoms with van der Waals surface area (Å²) in [4.78, 5) is 49.1. The van der Waals surface area contributed by atoms with E-state index in [2.05, 4.69) is 37.7 Å². The van der Waals surface area contributed by atoms with Gasteiger partial charge in [0.2, 0.25) is 5.13 Å². The predicted octanol–water partition coefficient (Wildman–Crippen LogP) is 4.76. The van der Waals surface area contributed by atoms with Crippen LogP contribution in [-0.2, 0) is 19.1 Å². The maximum absolute atomic E-state index is 13.5. The van der Waals surface area contributed by atoms with Crippen molar-refractivity contribution in [3.63, 3.8) is 0 Å². The fourth-order valence-corrected chi connectivity index (χ4v) is 7.70. The van der Waals surface area contributed by atoms with E-state index in [9.17, 15) is 14.4 Å². The van der Waals surface area contributed by atoms with Gasteiger partial charge in [0.05, 0.1) is 5.03 Å². The zero-order valence-corrected chi connectivity index (χ0v) is 28.5. The Bertz CT molecular complexity index is 1840. The van der Waals surface area contributed by atoms with Crippen LogP contribution in [0.2, 0.25) is 4.34 Å². The Morgan fingerprint density at radius 3 is 2.20 bits per heavy atom. The number of nitrogen functional groups attached to an aromatic ring is 2. The highest BCUT2D eigenvalue weighted by molar-refractivity contribution is 8.00. The number of aliphatic imine (C=N–C) groups is 1. The van der Waals surface area contributed by atoms with E-state index in [1.165, 1.54) is 35.0 Å². The molecule has 46 heavy (non-hydrogen) atoms. The van der Waals surface area contributed by atoms with E-state index in [-0.39, 0.29) is 37.4 Å². The molecule has 0 radical (unpaired) electrons. The average molecular weight is 736 g/mol. The molecule has 2 aliphatic heterocycles. The standard InChI is InChI=1S/C26H21Cl2N5O4S2.C2H3N3S2/c1-30-17(16-21(28)39-26(29)32-16)22(34)31-18-23(35)33-19(15(27)12-38-24(18)33)25(36)37-20(13-8-4-2-5-9-13)14-10-6-3-7-11-14;3-1-4-5-2(6)7-1/h2-11,18,20,24H,12H2,1H3,(H2,29,32)(H,31,34);(H2,3,4)(H,5,6)/t18-,24?;/m1./s1. The molecule has 0 saturated carbocycles. The van der Waals surface area contributed by atoms with E-state index >= 15 is 0 Å². The number of esters is 1. The minimum atomic E-state index is -0.916. The lowest BCUT2D eigenvalue weighted by Crippen LogP contribution is -2.71. The number of carbonyl (C=O) groups is 3. The number of fused-ring (bicyclic) bond motifs is 1. The van der Waals surface area contributed by atoms with Crippen molar-refractivity contribution in [1.82, 2.24) is 25.4 Å². The van der Waals surface area contributed by atoms with Crippen molar-refractivity contribution in [3.05, 3.63) is 96.5 Å². The molecule has 238 valence electrons. The smallest absolute Gasteiger partial charge is 0.357 e. The molecule has 1 saturated heterocycles. The first-order valence-corrected chi connectivity index (χ1v) is 17.1. The Hall–Kier alpha value is -3.80. The summed E-state index contributed by atoms with van der Waals surface area (Å²) in [5.74, 6) is -1.61. The van der Waals surface area contributed by atoms with Gasteiger partial charge in [-0.25, -0.2) is 9.78 Å². The van der Waals surface area contributed by atoms with Crippen LogP contribution in [0, 0.1) is 3.95 Å². The van der Waals surface area contributed by atoms with Crippen LogP contribution < -0.4 is 16.8 Å². The molecule has 0 bridgehead atoms. The largest absolute Gasteiger partial charge is 0.448 e. The topological polar surface area (TPSA) is 182 Å². The molecular formula is C28H24Cl2N8O4S4. The van der Waals surface area contributed by atoms with E-state index in [0.717, 1.165) is 22.5 Å². The fraction of sp³-hybridized carbons (Fsp3) is 0.179. The van der Waals surface area contributed by atoms with Gasteiger partial charge in [-0.3, -0.25) is 24.6 Å². The SMILES string of the molecule is CN=C(C(=O)N[C@@H]1C(=O)N2C(C(=O)OC(c3ccccc3)c3ccccc3)=C(Cl)CSC12)c1nc(N)sc1Cl.Nc1n[nH]c(=S)s1. The third-order valence-electron chi connectivity index (χ3n) is 6.55. The van der Waals surface area contributed by atoms with Crippen LogP contribution in [0.4, 0.5) is 10.3 Å². The quantitative estimate of drug-likeness (QED) is 0.0894. The van der Waals surface area contributed by atoms with Gasteiger partial charge < -0.3 is 21.5 Å². The molecule has 1 fully saturated rings. The molecule has 6 rings (SSSR count). The molecule has 6 N–H and O–H groups in total. The van der Waals surface area contributed by atoms with E-state index in [1.807, 2.05) is 60.7 Å². The summed E-state index contributed by atoms with van der Waals surface area (Å²) in [5, 5.41) is 9.10. The van der Waals surface area contributed by atoms with Crippen LogP contribution in [0.1, 0.15) is 22.9 Å². The predicted molar refractivity (Wildman–Crippen MR) is 184 cm³/mol. The van der Waals surface area contributed by atoms with E-state index in [1.54, 1.807) is 0 Å². The molecule has 4 aromatic rings. The number of β-lactam (4-membered cyclic amide) rings is 1. The highest BCUT2D eigenvalue weighted by Crippen LogP contribution is 2.42. The Kier molecular flexibility index (Phi) is 10.8. The lowest BCUT2D eigenvalue weighted by Gasteiger charge is -2.49. The van der Waals surface area contributed by atoms with Gasteiger partial charge in [-0.2, -0.15) is 0 Å². The van der Waals surface area contributed by atoms with Crippen molar-refractivity contribution < 1.29 is 19.1 Å². The summed E-state index contributed by atoms with van der Waals surface area (Å²) in [6.45, 7) is 0. The Labute approximate surface area is 289 Å². The molecule has 18 heteroatoms. The summed E-state index contributed by atoms with van der Waals surface area (Å²) in [7, 11) is 1.41. The van der Waals surface area contributed by atoms with Crippen molar-refractivity contribution >= 4 is 104 Å². The van der Waals surface area contributed by atoms with Crippen LogP contribution in [0.15, 0.2) is 76.4 Å². The van der Waals surface area contributed by atoms with Gasteiger partial charge in [-0.1, -0.05) is 107 Å². The number of ether oxygens (including phenoxy) is 1. The summed E-state index contributed by atoms with van der Waals surface area (Å²) in [6, 6.07) is 17.7. The van der Waals surface area contributed by atoms with E-state index in [4.69, 9.17) is 39.4 Å². The molecule has 2 aromatic carbocycles. The molecule has 4 heterocycles. The number of halogens is 2. The van der Waals surface area contributed by atoms with Crippen molar-refractivity contribution in [1.29, 1.82) is 0 Å². The molecule has 0 aliphatic carbocycles. The number of thiazole rings is 1. The zero-order valence-electron chi connectivity index (χ0n) is 23.7. The van der Waals surface area contributed by atoms with Gasteiger partial charge >= 0.3 is 5.97 Å². The highest BCUT2D eigenvalue weighted by atomic mass is 35.5. The summed E-state index contributed by atoms with van der Waals surface area (Å²) in [5.41, 5.74) is 12.5. The van der Waals surface area contributed by atoms with Crippen LogP contribution in [0.25, 0.3) is 0 Å². The van der Waals surface area contributed by atoms with Crippen molar-refractivity contribution in [2.75, 3.05) is 24.3 Å². The number of nitrogens with zero attached hydrogens (tertiary/aromatic N) is 4. The third-order valence-corrected chi connectivity index (χ3v) is 10.3. The Balaban J connectivity index is 0.000000527. The van der Waals surface area contributed by atoms with Crippen molar-refractivity contribution in [2.45, 2.75) is 17.5 Å². The number of carbonyl (C=O) groups excluding carboxylic acids is 3. The first-order valence-electron chi connectivity index (χ1n) is 13.2. The number of aromatic nitrogens is 3. The number of hydrogen-bond acceptors (Lipinski definition) is 13. The van der Waals surface area contributed by atoms with Gasteiger partial charge in [0.1, 0.15) is 27.1 Å². The number of anilines is 2. The van der Waals surface area contributed by atoms with E-state index in [0.29, 0.717) is 9.09 Å². The number of benzene rings is 2. The molecule has 12 nitrogen and oxygen atoms in total. The number of H-pyrrole nitrogens is 1. The lowest BCUT2D eigenvalue weighted by atomic mass is 10.0. The van der Waals surface area contributed by atoms with Crippen LogP contribution >= 0.6 is 69.9 Å². The Morgan fingerprint density at radius 2 is 1.72 bits per heavy atom. The lowest BCUT2D eigenvalue weighted by molar-refractivity contribution is -0.154. The van der Waals surface area contributed by atoms with Gasteiger partial charge in [0, 0.05) is 12.8 Å². The summed E-state index contributed by atoms with van der Waals surface area (Å²) in [6.07, 6.45) is -0.713. The average Bonchev–Trinajstić information content (AvgIpc) is 3.60. The minimum Gasteiger partial charge on any atom is -0.448 e. The summed E-state index contributed by atoms with van der Waals surface area (Å²) < 4.78 is 6.79. The number of thioether (sulfide) groups is 1. The number of rotatable bonds is 7. The highest BCUT2D eigenvalue weighted by Gasteiger charge is 2.55. The van der Waals surface area contributed by atoms with Crippen molar-refractivity contribution in [2.24, 2.45) is 4.99 Å². The molecule has 0 spiro atoms. The number of aromatic amines is 1. The monoisotopic (exact) mass is 734 g/mol. The maximum atomic E-state index is 13.5. The van der Waals surface area contributed by atoms with Gasteiger partial charge in [-0.15, -0.1) is 16.9 Å². The second-order valence-electron chi connectivity index (χ2n) is 9.42. The van der Waals surface area contributed by atoms with Gasteiger partial charge in [-0.05, 0) is 23.3 Å². The molecule has 2 aromatic heterocycles. The maximum Gasteiger partial charge on any atom is 0.357 e. The van der Waals surface area contributed by atoms with Crippen molar-refractivity contribution in [3.8, 4) is 0 Å². The first-order chi connectivity index (χ1) is 22.1. The van der Waals surface area contributed by atoms with E-state index < -0.39 is 35.3 Å². The molecule has 2 aliphatic rings. The Morgan fingerprint density at radius 1 is 1.09 bits per heavy atom. The van der Waals surface area contributed by atoms with Gasteiger partial charge in [0.25, 0.3) is 11.8 Å². The second kappa shape index (κ2) is 14.7. The summed E-state index contributed by atoms with van der Waals surface area (Å²) >= 11 is 20.9. The van der Waals surface area contributed by atoms with Crippen LogP contribution in [-0.4, -0.2) is 67.8 Å². The normalized spacial score (nSPS) is 17.5. The zero-order chi connectivity index (χ0) is 33.0. The second-order valence-corrected chi connectivity index (χ2v) is 14.3. The molecule has 1 unspecified atom stereocenters. The minimum absolute atomic E-state index is 0.0347. The first kappa shape index (κ1) is 33.6. The third kappa shape index (κ3) is 7.27. The van der Waals surface area contributed by atoms with Crippen LogP contribution in [0.3, 0.4) is 0 Å². The molecular weight excluding hydrogens is 712 g/mol. The van der Waals surface area contributed by atoms with Gasteiger partial charge in [0.15, 0.2) is 20.9 Å². The number of nitrogens with one attached hydrogen (secondary N) is 2. The van der Waals surface area contributed by atoms with Crippen LogP contribution in [0.5, 0.6) is 0 Å². The fourth-order valence-electron chi connectivity index (χ4n) is 4.55. The molecule has 2 amide bonds. The molecule has 2 atom stereocenters. The number of amides is 2. The number of hydrogen-bond donors (Lipinski definition) is 4. The number of nitrogens with two attached hydrogens (primary N) is 2.